The van der Waals surface area contributed by atoms with Crippen LogP contribution in [-0.2, 0) is 16.6 Å². The highest BCUT2D eigenvalue weighted by Crippen LogP contribution is 2.65. The van der Waals surface area contributed by atoms with Crippen LogP contribution in [0.15, 0.2) is 12.1 Å². The molecule has 3 fully saturated rings. The van der Waals surface area contributed by atoms with Crippen LogP contribution >= 0.6 is 0 Å². The zero-order valence-electron chi connectivity index (χ0n) is 19.8. The molecule has 3 aliphatic carbocycles. The van der Waals surface area contributed by atoms with Crippen molar-refractivity contribution < 1.29 is 31.1 Å². The number of phenolic OH excluding ortho intramolecular Hbond substituents is 1. The van der Waals surface area contributed by atoms with Crippen LogP contribution in [0, 0.1) is 5.92 Å². The third-order valence-electron chi connectivity index (χ3n) is 7.63. The molecule has 2 bridgehead atoms. The number of carbonyl (C=O) groups excluding carboxylic acids is 1. The minimum atomic E-state index is -2.47. The Morgan fingerprint density at radius 2 is 2.27 bits per heavy atom. The van der Waals surface area contributed by atoms with Crippen molar-refractivity contribution in [3.8, 4) is 11.5 Å². The van der Waals surface area contributed by atoms with Gasteiger partial charge in [-0.05, 0) is 30.9 Å². The monoisotopic (exact) mass is 361 g/mol. The van der Waals surface area contributed by atoms with Crippen molar-refractivity contribution in [3.05, 3.63) is 23.2 Å². The minimum Gasteiger partial charge on any atom is -0.504 e. The predicted octanol–water partition coefficient (Wildman–Crippen LogP) is 1.67. The van der Waals surface area contributed by atoms with Gasteiger partial charge in [-0.15, -0.1) is 0 Å². The van der Waals surface area contributed by atoms with Crippen LogP contribution < -0.4 is 4.74 Å². The zero-order valence-corrected chi connectivity index (χ0v) is 14.8. The summed E-state index contributed by atoms with van der Waals surface area (Å²) >= 11 is 0. The summed E-state index contributed by atoms with van der Waals surface area (Å²) in [5.41, 5.74) is -2.61. The molecular weight excluding hydrogens is 330 g/mol. The second-order valence-corrected chi connectivity index (χ2v) is 9.02. The van der Waals surface area contributed by atoms with Gasteiger partial charge in [0.2, 0.25) is 0 Å². The Labute approximate surface area is 160 Å². The lowest BCUT2D eigenvalue weighted by molar-refractivity contribution is -0.950. The molecule has 2 N–H and O–H groups in total. The average Bonchev–Trinajstić information content (AvgIpc) is 3.43. The first-order valence-corrected chi connectivity index (χ1v) is 9.48. The molecule has 1 spiro atoms. The summed E-state index contributed by atoms with van der Waals surface area (Å²) < 4.78 is 48.9. The zero-order chi connectivity index (χ0) is 22.4. The van der Waals surface area contributed by atoms with Crippen LogP contribution in [0.3, 0.4) is 0 Å². The number of ketones is 1. The second kappa shape index (κ2) is 4.45. The van der Waals surface area contributed by atoms with Crippen LogP contribution in [-0.4, -0.2) is 58.3 Å². The predicted molar refractivity (Wildman–Crippen MR) is 94.1 cm³/mol. The van der Waals surface area contributed by atoms with Crippen molar-refractivity contribution in [1.29, 1.82) is 0 Å². The molecule has 0 aromatic heterocycles. The van der Waals surface area contributed by atoms with Gasteiger partial charge in [-0.3, -0.25) is 4.79 Å². The van der Waals surface area contributed by atoms with E-state index in [1.165, 1.54) is 0 Å². The van der Waals surface area contributed by atoms with Crippen LogP contribution in [0.25, 0.3) is 0 Å². The van der Waals surface area contributed by atoms with Crippen LogP contribution in [0.2, 0.25) is 0 Å². The standard InChI is InChI=1S/C21H25NO4/c1-22(11-12-2-3-12)9-8-20-17-13-4-5-14(23)18(17)26-19(20)15(24)6-7-21(20,25)16(22)10-13/h4-5,12,16,19,25H,2-3,6-11H2,1H3/p+1/t16?,19-,20?,21-,22?/m0/s1/i4D,5D,6D2,19D. The van der Waals surface area contributed by atoms with Gasteiger partial charge in [0.25, 0.3) is 0 Å². The third kappa shape index (κ3) is 1.55. The highest BCUT2D eigenvalue weighted by molar-refractivity contribution is 5.90. The van der Waals surface area contributed by atoms with Crippen molar-refractivity contribution in [1.82, 2.24) is 0 Å². The molecule has 2 aliphatic heterocycles. The number of quaternary nitrogens is 1. The molecular formula is C21H26NO4+. The summed E-state index contributed by atoms with van der Waals surface area (Å²) in [5, 5.41) is 23.0. The molecule has 5 aliphatic rings. The van der Waals surface area contributed by atoms with Gasteiger partial charge in [-0.2, -0.15) is 0 Å². The van der Waals surface area contributed by atoms with Crippen LogP contribution in [0.1, 0.15) is 50.0 Å². The Kier molecular flexibility index (Phi) is 1.93. The lowest BCUT2D eigenvalue weighted by Crippen LogP contribution is -2.80. The van der Waals surface area contributed by atoms with Gasteiger partial charge in [0.05, 0.1) is 29.7 Å². The topological polar surface area (TPSA) is 66.8 Å². The van der Waals surface area contributed by atoms with E-state index in [4.69, 9.17) is 11.6 Å². The quantitative estimate of drug-likeness (QED) is 0.787. The number of piperidine rings is 1. The third-order valence-corrected chi connectivity index (χ3v) is 7.63. The summed E-state index contributed by atoms with van der Waals surface area (Å²) in [4.78, 5) is 13.3. The summed E-state index contributed by atoms with van der Waals surface area (Å²) in [6.07, 6.45) is -2.70. The van der Waals surface area contributed by atoms with Crippen LogP contribution in [0.4, 0.5) is 0 Å². The fourth-order valence-corrected chi connectivity index (χ4v) is 6.26. The summed E-state index contributed by atoms with van der Waals surface area (Å²) in [5.74, 6) is -1.35. The van der Waals surface area contributed by atoms with Crippen LogP contribution in [0.5, 0.6) is 11.5 Å². The number of Topliss-reactive ketones (excluding diaryl/α,β-unsaturated/α-hetero) is 1. The Morgan fingerprint density at radius 3 is 3.04 bits per heavy atom. The van der Waals surface area contributed by atoms with E-state index >= 15 is 0 Å². The van der Waals surface area contributed by atoms with E-state index in [0.29, 0.717) is 22.5 Å². The first-order valence-electron chi connectivity index (χ1n) is 12.0. The molecule has 0 radical (unpaired) electrons. The Morgan fingerprint density at radius 1 is 1.46 bits per heavy atom. The molecule has 2 heterocycles. The number of carbonyl (C=O) groups is 1. The van der Waals surface area contributed by atoms with Crippen molar-refractivity contribution >= 4 is 5.78 Å². The summed E-state index contributed by atoms with van der Waals surface area (Å²) in [6, 6.07) is -1.14. The molecule has 5 nitrogen and oxygen atoms in total. The smallest absolute Gasteiger partial charge is 0.174 e. The Bertz CT molecular complexity index is 1080. The molecule has 1 aromatic rings. The maximum Gasteiger partial charge on any atom is 0.174 e. The second-order valence-electron chi connectivity index (χ2n) is 9.02. The first-order chi connectivity index (χ1) is 14.3. The molecule has 5 heteroatoms. The Balaban J connectivity index is 1.70. The van der Waals surface area contributed by atoms with E-state index in [0.717, 1.165) is 19.4 Å². The molecule has 3 unspecified atom stereocenters. The van der Waals surface area contributed by atoms with Crippen molar-refractivity contribution in [2.75, 3.05) is 20.1 Å². The number of hydrogen-bond donors (Lipinski definition) is 2. The molecule has 1 saturated heterocycles. The van der Waals surface area contributed by atoms with Gasteiger partial charge in [0.15, 0.2) is 23.4 Å². The lowest BCUT2D eigenvalue weighted by Gasteiger charge is -2.64. The van der Waals surface area contributed by atoms with Gasteiger partial charge in [0.1, 0.15) is 11.6 Å². The first kappa shape index (κ1) is 11.3. The molecule has 6 rings (SSSR count). The molecule has 0 amide bonds. The number of rotatable bonds is 2. The largest absolute Gasteiger partial charge is 0.504 e. The minimum absolute atomic E-state index is 0.170. The number of hydrogen-bond acceptors (Lipinski definition) is 4. The van der Waals surface area contributed by atoms with Gasteiger partial charge in [-0.1, -0.05) is 6.04 Å². The highest BCUT2D eigenvalue weighted by atomic mass is 16.5. The number of ether oxygens (including phenoxy) is 1. The number of nitrogens with zero attached hydrogens (tertiary/aromatic N) is 1. The van der Waals surface area contributed by atoms with E-state index in [-0.39, 0.29) is 30.2 Å². The SMILES string of the molecule is [2H]c1c([2H])c2c3c(c1O)O[C@@]1([2H])C(=O)C([2H])([2H])C[C@]4(O)C(C2)[N+](C)(CC2CC2)CCC314. The van der Waals surface area contributed by atoms with Crippen molar-refractivity contribution in [2.24, 2.45) is 5.92 Å². The molecule has 138 valence electrons. The van der Waals surface area contributed by atoms with E-state index in [2.05, 4.69) is 0 Å². The van der Waals surface area contributed by atoms with Crippen molar-refractivity contribution in [3.63, 3.8) is 0 Å². The highest BCUT2D eigenvalue weighted by Gasteiger charge is 2.76. The summed E-state index contributed by atoms with van der Waals surface area (Å²) in [6.45, 7) is 1.40. The van der Waals surface area contributed by atoms with Gasteiger partial charge >= 0.3 is 0 Å². The number of aromatic hydroxyl groups is 1. The fourth-order valence-electron chi connectivity index (χ4n) is 6.26. The molecule has 26 heavy (non-hydrogen) atoms. The molecule has 2 saturated carbocycles. The number of likely N-dealkylation sites (tertiary alicyclic amines) is 1. The lowest BCUT2D eigenvalue weighted by atomic mass is 9.48. The van der Waals surface area contributed by atoms with E-state index in [9.17, 15) is 15.0 Å². The number of phenols is 1. The van der Waals surface area contributed by atoms with Gasteiger partial charge < -0.3 is 19.4 Å². The Hall–Kier alpha value is -1.59. The van der Waals surface area contributed by atoms with Gasteiger partial charge in [0, 0.05) is 33.4 Å². The summed E-state index contributed by atoms with van der Waals surface area (Å²) in [7, 11) is 2.04. The fraction of sp³-hybridized carbons (Fsp3) is 0.667. The number of benzene rings is 1. The van der Waals surface area contributed by atoms with E-state index in [1.807, 2.05) is 7.05 Å². The average molecular weight is 361 g/mol. The van der Waals surface area contributed by atoms with Gasteiger partial charge in [-0.25, -0.2) is 0 Å². The normalized spacial score (nSPS) is 52.8. The van der Waals surface area contributed by atoms with Crippen molar-refractivity contribution in [2.45, 2.75) is 61.6 Å². The number of likely N-dealkylation sites (N-methyl/N-ethyl adjacent to an activating group) is 1. The maximum absolute atomic E-state index is 13.3. The maximum atomic E-state index is 13.3. The molecule has 1 aromatic carbocycles. The van der Waals surface area contributed by atoms with E-state index < -0.39 is 53.5 Å². The molecule has 5 atom stereocenters. The number of aliphatic hydroxyl groups is 1. The van der Waals surface area contributed by atoms with E-state index in [1.54, 1.807) is 0 Å².